The van der Waals surface area contributed by atoms with Crippen molar-refractivity contribution in [2.75, 3.05) is 24.7 Å². The van der Waals surface area contributed by atoms with Gasteiger partial charge in [0.1, 0.15) is 0 Å². The van der Waals surface area contributed by atoms with Crippen LogP contribution in [-0.4, -0.2) is 43.0 Å². The van der Waals surface area contributed by atoms with Gasteiger partial charge in [-0.05, 0) is 18.2 Å². The zero-order valence-electron chi connectivity index (χ0n) is 10.7. The zero-order valence-corrected chi connectivity index (χ0v) is 12.3. The highest BCUT2D eigenvalue weighted by atomic mass is 35.5. The number of aromatic nitrogens is 1. The van der Waals surface area contributed by atoms with Gasteiger partial charge in [-0.15, -0.1) is 0 Å². The first-order valence-corrected chi connectivity index (χ1v) is 8.23. The van der Waals surface area contributed by atoms with Crippen LogP contribution >= 0.6 is 11.6 Å². The van der Waals surface area contributed by atoms with Crippen molar-refractivity contribution < 1.29 is 8.42 Å². The number of hydrogen-bond donors (Lipinski definition) is 2. The van der Waals surface area contributed by atoms with Crippen LogP contribution in [0.3, 0.4) is 0 Å². The van der Waals surface area contributed by atoms with Gasteiger partial charge in [-0.3, -0.25) is 4.99 Å². The van der Waals surface area contributed by atoms with Crippen LogP contribution in [0.25, 0.3) is 10.9 Å². The van der Waals surface area contributed by atoms with E-state index in [1.165, 1.54) is 10.6 Å². The Bertz CT molecular complexity index is 797. The molecule has 8 heteroatoms. The topological polar surface area (TPSA) is 77.6 Å². The van der Waals surface area contributed by atoms with Gasteiger partial charge < -0.3 is 10.3 Å². The van der Waals surface area contributed by atoms with Gasteiger partial charge in [0.2, 0.25) is 16.0 Å². The lowest BCUT2D eigenvalue weighted by molar-refractivity contribution is 0.544. The molecule has 0 atom stereocenters. The van der Waals surface area contributed by atoms with E-state index in [-0.39, 0.29) is 0 Å². The van der Waals surface area contributed by atoms with E-state index in [9.17, 15) is 8.42 Å². The van der Waals surface area contributed by atoms with Crippen molar-refractivity contribution in [3.8, 4) is 0 Å². The lowest BCUT2D eigenvalue weighted by Gasteiger charge is -2.18. The number of fused-ring (bicyclic) bond motifs is 1. The Morgan fingerprint density at radius 1 is 1.45 bits per heavy atom. The smallest absolute Gasteiger partial charge is 0.234 e. The van der Waals surface area contributed by atoms with Crippen molar-refractivity contribution in [2.24, 2.45) is 4.99 Å². The summed E-state index contributed by atoms with van der Waals surface area (Å²) in [5.74, 6) is 0.351. The van der Waals surface area contributed by atoms with Crippen LogP contribution in [0, 0.1) is 0 Å². The molecule has 2 N–H and O–H groups in total. The fourth-order valence-corrected chi connectivity index (χ4v) is 3.20. The van der Waals surface area contributed by atoms with Crippen LogP contribution in [0.5, 0.6) is 0 Å². The Hall–Kier alpha value is -1.73. The first-order chi connectivity index (χ1) is 9.45. The predicted octanol–water partition coefficient (Wildman–Crippen LogP) is 1.86. The summed E-state index contributed by atoms with van der Waals surface area (Å²) in [6, 6.07) is 5.57. The van der Waals surface area contributed by atoms with Crippen LogP contribution in [-0.2, 0) is 10.0 Å². The van der Waals surface area contributed by atoms with Crippen LogP contribution in [0.15, 0.2) is 29.4 Å². The summed E-state index contributed by atoms with van der Waals surface area (Å²) in [5, 5.41) is 4.61. The largest absolute Gasteiger partial charge is 0.360 e. The molecule has 0 bridgehead atoms. The van der Waals surface area contributed by atoms with Crippen LogP contribution in [0.2, 0.25) is 5.02 Å². The number of aromatic amines is 1. The van der Waals surface area contributed by atoms with E-state index in [2.05, 4.69) is 15.3 Å². The molecule has 1 aliphatic rings. The number of nitrogens with zero attached hydrogens (tertiary/aromatic N) is 2. The molecule has 6 nitrogen and oxygen atoms in total. The molecular formula is C12H13ClN4O2S. The normalized spacial score (nSPS) is 15.7. The second-order valence-electron chi connectivity index (χ2n) is 4.56. The monoisotopic (exact) mass is 312 g/mol. The van der Waals surface area contributed by atoms with E-state index in [4.69, 9.17) is 11.6 Å². The molecule has 0 saturated carbocycles. The van der Waals surface area contributed by atoms with Crippen LogP contribution < -0.4 is 5.32 Å². The van der Waals surface area contributed by atoms with Gasteiger partial charge in [-0.2, -0.15) is 0 Å². The summed E-state index contributed by atoms with van der Waals surface area (Å²) >= 11 is 6.02. The molecule has 0 spiro atoms. The molecule has 0 aliphatic carbocycles. The van der Waals surface area contributed by atoms with E-state index in [0.29, 0.717) is 24.1 Å². The fourth-order valence-electron chi connectivity index (χ4n) is 2.15. The van der Waals surface area contributed by atoms with E-state index >= 15 is 0 Å². The number of nitrogens with one attached hydrogen (secondary N) is 2. The van der Waals surface area contributed by atoms with Gasteiger partial charge in [0.05, 0.1) is 24.4 Å². The van der Waals surface area contributed by atoms with Crippen molar-refractivity contribution in [3.63, 3.8) is 0 Å². The average molecular weight is 313 g/mol. The van der Waals surface area contributed by atoms with Crippen molar-refractivity contribution in [1.29, 1.82) is 0 Å². The third-order valence-electron chi connectivity index (χ3n) is 3.09. The number of hydrogen-bond acceptors (Lipinski definition) is 4. The van der Waals surface area contributed by atoms with Gasteiger partial charge >= 0.3 is 0 Å². The molecule has 106 valence electrons. The summed E-state index contributed by atoms with van der Waals surface area (Å²) in [4.78, 5) is 7.23. The van der Waals surface area contributed by atoms with Gasteiger partial charge in [-0.25, -0.2) is 12.7 Å². The molecule has 0 radical (unpaired) electrons. The molecule has 0 amide bonds. The third-order valence-corrected chi connectivity index (χ3v) is 4.56. The highest BCUT2D eigenvalue weighted by Gasteiger charge is 2.25. The van der Waals surface area contributed by atoms with Crippen LogP contribution in [0.1, 0.15) is 0 Å². The number of sulfonamides is 1. The minimum Gasteiger partial charge on any atom is -0.360 e. The van der Waals surface area contributed by atoms with Gasteiger partial charge in [0.15, 0.2) is 0 Å². The van der Waals surface area contributed by atoms with Gasteiger partial charge in [0, 0.05) is 22.8 Å². The molecule has 1 aromatic heterocycles. The lowest BCUT2D eigenvalue weighted by atomic mass is 10.2. The summed E-state index contributed by atoms with van der Waals surface area (Å²) in [7, 11) is -3.30. The molecule has 2 aromatic rings. The Labute approximate surface area is 121 Å². The maximum Gasteiger partial charge on any atom is 0.234 e. The van der Waals surface area contributed by atoms with E-state index in [0.717, 1.165) is 16.6 Å². The maximum atomic E-state index is 11.6. The zero-order chi connectivity index (χ0) is 14.3. The Morgan fingerprint density at radius 3 is 3.00 bits per heavy atom. The van der Waals surface area contributed by atoms with Crippen molar-refractivity contribution in [1.82, 2.24) is 9.29 Å². The number of benzene rings is 1. The highest BCUT2D eigenvalue weighted by molar-refractivity contribution is 7.88. The molecule has 2 heterocycles. The average Bonchev–Trinajstić information content (AvgIpc) is 2.96. The summed E-state index contributed by atoms with van der Waals surface area (Å²) < 4.78 is 24.5. The Balaban J connectivity index is 1.89. The summed E-state index contributed by atoms with van der Waals surface area (Å²) in [5.41, 5.74) is 1.63. The predicted molar refractivity (Wildman–Crippen MR) is 80.8 cm³/mol. The fraction of sp³-hybridized carbons (Fsp3) is 0.250. The SMILES string of the molecule is CS(=O)(=O)N1CCN=C1Nc1ccc2c(Cl)c[nH]c2c1. The van der Waals surface area contributed by atoms with Crippen LogP contribution in [0.4, 0.5) is 5.69 Å². The Kier molecular flexibility index (Phi) is 3.10. The first-order valence-electron chi connectivity index (χ1n) is 6.01. The van der Waals surface area contributed by atoms with E-state index in [1.807, 2.05) is 18.2 Å². The molecule has 20 heavy (non-hydrogen) atoms. The highest BCUT2D eigenvalue weighted by Crippen LogP contribution is 2.25. The quantitative estimate of drug-likeness (QED) is 0.888. The number of anilines is 1. The molecule has 3 rings (SSSR count). The molecule has 0 unspecified atom stereocenters. The second kappa shape index (κ2) is 4.68. The minimum absolute atomic E-state index is 0.351. The number of H-pyrrole nitrogens is 1. The lowest BCUT2D eigenvalue weighted by Crippen LogP contribution is -2.37. The van der Waals surface area contributed by atoms with E-state index in [1.54, 1.807) is 6.20 Å². The van der Waals surface area contributed by atoms with Gasteiger partial charge in [-0.1, -0.05) is 11.6 Å². The second-order valence-corrected chi connectivity index (χ2v) is 6.88. The third kappa shape index (κ3) is 2.34. The van der Waals surface area contributed by atoms with Crippen molar-refractivity contribution in [3.05, 3.63) is 29.4 Å². The first kappa shape index (κ1) is 13.3. The molecule has 0 saturated heterocycles. The number of rotatable bonds is 2. The number of aliphatic imine (C=N–C) groups is 1. The summed E-state index contributed by atoms with van der Waals surface area (Å²) in [6.45, 7) is 0.837. The molecule has 0 fully saturated rings. The molecular weight excluding hydrogens is 300 g/mol. The number of guanidine groups is 1. The minimum atomic E-state index is -3.30. The van der Waals surface area contributed by atoms with Crippen molar-refractivity contribution >= 4 is 44.2 Å². The number of halogens is 1. The summed E-state index contributed by atoms with van der Waals surface area (Å²) in [6.07, 6.45) is 2.88. The molecule has 1 aliphatic heterocycles. The van der Waals surface area contributed by atoms with E-state index < -0.39 is 10.0 Å². The maximum absolute atomic E-state index is 11.6. The Morgan fingerprint density at radius 2 is 2.25 bits per heavy atom. The molecule has 1 aromatic carbocycles. The van der Waals surface area contributed by atoms with Crippen molar-refractivity contribution in [2.45, 2.75) is 0 Å². The standard InChI is InChI=1S/C12H13ClN4O2S/c1-20(18,19)17-5-4-14-12(17)16-8-2-3-9-10(13)7-15-11(9)6-8/h2-3,6-7,15H,4-5H2,1H3,(H,14,16). The van der Waals surface area contributed by atoms with Gasteiger partial charge in [0.25, 0.3) is 0 Å².